The highest BCUT2D eigenvalue weighted by Gasteiger charge is 2.49. The predicted octanol–water partition coefficient (Wildman–Crippen LogP) is -1.02. The van der Waals surface area contributed by atoms with Gasteiger partial charge < -0.3 is 26.0 Å². The molecule has 0 saturated carbocycles. The second kappa shape index (κ2) is 5.80. The molecule has 1 fully saturated rings. The molecule has 0 radical (unpaired) electrons. The molecular weight excluding hydrogens is 302 g/mol. The van der Waals surface area contributed by atoms with E-state index in [9.17, 15) is 10.2 Å². The van der Waals surface area contributed by atoms with Crippen LogP contribution in [0, 0.1) is 0 Å². The van der Waals surface area contributed by atoms with Gasteiger partial charge in [0.1, 0.15) is 24.2 Å². The van der Waals surface area contributed by atoms with Crippen molar-refractivity contribution in [2.24, 2.45) is 5.10 Å². The van der Waals surface area contributed by atoms with Gasteiger partial charge in [-0.05, 0) is 13.8 Å². The zero-order valence-corrected chi connectivity index (χ0v) is 13.2. The minimum Gasteiger partial charge on any atom is -0.388 e. The lowest BCUT2D eigenvalue weighted by Gasteiger charge is -2.35. The molecule has 0 aromatic carbocycles. The summed E-state index contributed by atoms with van der Waals surface area (Å²) < 4.78 is 5.73. The zero-order chi connectivity index (χ0) is 16.7. The van der Waals surface area contributed by atoms with Gasteiger partial charge in [-0.15, -0.1) is 0 Å². The second-order valence-electron chi connectivity index (χ2n) is 5.54. The molecule has 10 nitrogen and oxygen atoms in total. The van der Waals surface area contributed by atoms with Crippen molar-refractivity contribution in [3.63, 3.8) is 0 Å². The molecule has 23 heavy (non-hydrogen) atoms. The van der Waals surface area contributed by atoms with Crippen LogP contribution >= 0.6 is 0 Å². The molecular formula is C13H21N7O3. The Kier molecular flexibility index (Phi) is 3.96. The molecule has 0 aliphatic carbocycles. The molecule has 126 valence electrons. The average Bonchev–Trinajstić information content (AvgIpc) is 3.02. The minimum absolute atomic E-state index is 0.289. The lowest BCUT2D eigenvalue weighted by Crippen LogP contribution is -2.54. The Balaban J connectivity index is 2.01. The number of nitrogens with zero attached hydrogens (tertiary/aromatic N) is 5. The molecule has 1 saturated heterocycles. The van der Waals surface area contributed by atoms with E-state index in [1.165, 1.54) is 6.33 Å². The van der Waals surface area contributed by atoms with Crippen LogP contribution in [0.4, 0.5) is 17.3 Å². The lowest BCUT2D eigenvalue weighted by atomic mass is 10.1. The van der Waals surface area contributed by atoms with Crippen molar-refractivity contribution in [1.82, 2.24) is 15.0 Å². The summed E-state index contributed by atoms with van der Waals surface area (Å²) in [4.78, 5) is 9.92. The first-order chi connectivity index (χ1) is 11.0. The predicted molar refractivity (Wildman–Crippen MR) is 84.6 cm³/mol. The van der Waals surface area contributed by atoms with E-state index in [-0.39, 0.29) is 5.82 Å². The van der Waals surface area contributed by atoms with Crippen molar-refractivity contribution in [3.8, 4) is 0 Å². The van der Waals surface area contributed by atoms with Gasteiger partial charge in [0.25, 0.3) is 0 Å². The summed E-state index contributed by atoms with van der Waals surface area (Å²) >= 11 is 0. The largest absolute Gasteiger partial charge is 0.388 e. The highest BCUT2D eigenvalue weighted by molar-refractivity contribution is 5.81. The fourth-order valence-electron chi connectivity index (χ4n) is 2.87. The summed E-state index contributed by atoms with van der Waals surface area (Å²) in [7, 11) is 1.77. The Labute approximate surface area is 133 Å². The number of nitrogens with one attached hydrogen (secondary N) is 1. The first-order valence-electron chi connectivity index (χ1n) is 7.34. The highest BCUT2D eigenvalue weighted by atomic mass is 16.6. The van der Waals surface area contributed by atoms with Gasteiger partial charge in [0, 0.05) is 13.3 Å². The molecule has 0 spiro atoms. The van der Waals surface area contributed by atoms with E-state index in [4.69, 9.17) is 10.5 Å². The first-order valence-corrected chi connectivity index (χ1v) is 7.34. The van der Waals surface area contributed by atoms with Crippen LogP contribution in [0.5, 0.6) is 0 Å². The van der Waals surface area contributed by atoms with Gasteiger partial charge in [-0.2, -0.15) is 5.10 Å². The first kappa shape index (κ1) is 15.7. The van der Waals surface area contributed by atoms with Crippen molar-refractivity contribution in [3.05, 3.63) is 6.33 Å². The lowest BCUT2D eigenvalue weighted by molar-refractivity contribution is 0.00242. The van der Waals surface area contributed by atoms with E-state index in [2.05, 4.69) is 20.4 Å². The number of fused-ring (bicyclic) bond motifs is 1. The van der Waals surface area contributed by atoms with Gasteiger partial charge in [0.05, 0.1) is 6.10 Å². The maximum atomic E-state index is 10.3. The molecule has 10 heteroatoms. The van der Waals surface area contributed by atoms with Crippen LogP contribution < -0.4 is 16.0 Å². The Morgan fingerprint density at radius 2 is 2.17 bits per heavy atom. The van der Waals surface area contributed by atoms with E-state index in [0.29, 0.717) is 11.5 Å². The summed E-state index contributed by atoms with van der Waals surface area (Å²) in [5.74, 6) is 0.781. The molecule has 5 N–H and O–H groups in total. The van der Waals surface area contributed by atoms with Gasteiger partial charge in [-0.1, -0.05) is 0 Å². The van der Waals surface area contributed by atoms with Gasteiger partial charge in [0.15, 0.2) is 24.2 Å². The Morgan fingerprint density at radius 1 is 1.43 bits per heavy atom. The van der Waals surface area contributed by atoms with E-state index < -0.39 is 30.8 Å². The molecule has 2 aliphatic rings. The third kappa shape index (κ3) is 2.44. The third-order valence-corrected chi connectivity index (χ3v) is 4.04. The number of hydrogen-bond acceptors (Lipinski definition) is 10. The SMILES string of the molecule is CC=NN(C)C1Nc2c(N)ncnc2N1C1OC(C)C(O)C1O. The van der Waals surface area contributed by atoms with Crippen LogP contribution in [0.25, 0.3) is 0 Å². The van der Waals surface area contributed by atoms with Crippen LogP contribution in [-0.4, -0.2) is 69.3 Å². The Morgan fingerprint density at radius 3 is 2.78 bits per heavy atom. The summed E-state index contributed by atoms with van der Waals surface area (Å²) in [5.41, 5.74) is 6.45. The molecule has 2 aliphatic heterocycles. The highest BCUT2D eigenvalue weighted by Crippen LogP contribution is 2.40. The van der Waals surface area contributed by atoms with Crippen molar-refractivity contribution >= 4 is 23.5 Å². The Bertz CT molecular complexity index is 613. The minimum atomic E-state index is -1.09. The maximum absolute atomic E-state index is 10.3. The number of hydrazone groups is 1. The molecule has 5 unspecified atom stereocenters. The number of aliphatic hydroxyl groups is 2. The number of ether oxygens (including phenoxy) is 1. The molecule has 0 bridgehead atoms. The van der Waals surface area contributed by atoms with Crippen LogP contribution in [-0.2, 0) is 4.74 Å². The number of hydrogen-bond donors (Lipinski definition) is 4. The summed E-state index contributed by atoms with van der Waals surface area (Å²) in [5, 5.41) is 29.4. The number of nitrogen functional groups attached to an aromatic ring is 1. The molecule has 3 rings (SSSR count). The normalized spacial score (nSPS) is 33.1. The van der Waals surface area contributed by atoms with Crippen LogP contribution in [0.1, 0.15) is 13.8 Å². The Hall–Kier alpha value is -2.17. The third-order valence-electron chi connectivity index (χ3n) is 4.04. The van der Waals surface area contributed by atoms with Gasteiger partial charge in [0.2, 0.25) is 0 Å². The second-order valence-corrected chi connectivity index (χ2v) is 5.54. The smallest absolute Gasteiger partial charge is 0.197 e. The molecule has 1 aromatic heterocycles. The maximum Gasteiger partial charge on any atom is 0.197 e. The zero-order valence-electron chi connectivity index (χ0n) is 13.2. The average molecular weight is 323 g/mol. The number of rotatable bonds is 3. The molecule has 0 amide bonds. The molecule has 1 aromatic rings. The summed E-state index contributed by atoms with van der Waals surface area (Å²) in [6, 6.07) is 0. The van der Waals surface area contributed by atoms with E-state index in [1.807, 2.05) is 0 Å². The summed E-state index contributed by atoms with van der Waals surface area (Å²) in [6.07, 6.45) is -0.866. The number of aliphatic hydroxyl groups excluding tert-OH is 2. The number of aromatic nitrogens is 2. The van der Waals surface area contributed by atoms with E-state index in [1.54, 1.807) is 37.0 Å². The van der Waals surface area contributed by atoms with Crippen LogP contribution in [0.3, 0.4) is 0 Å². The van der Waals surface area contributed by atoms with Gasteiger partial charge >= 0.3 is 0 Å². The molecule has 3 heterocycles. The monoisotopic (exact) mass is 323 g/mol. The van der Waals surface area contributed by atoms with Crippen molar-refractivity contribution in [2.75, 3.05) is 23.0 Å². The fraction of sp³-hybridized carbons (Fsp3) is 0.615. The molecule has 5 atom stereocenters. The topological polar surface area (TPSA) is 132 Å². The quantitative estimate of drug-likeness (QED) is 0.407. The van der Waals surface area contributed by atoms with Crippen LogP contribution in [0.2, 0.25) is 0 Å². The summed E-state index contributed by atoms with van der Waals surface area (Å²) in [6.45, 7) is 3.50. The number of anilines is 3. The van der Waals surface area contributed by atoms with Gasteiger partial charge in [-0.3, -0.25) is 9.91 Å². The van der Waals surface area contributed by atoms with Gasteiger partial charge in [-0.25, -0.2) is 9.97 Å². The van der Waals surface area contributed by atoms with E-state index >= 15 is 0 Å². The van der Waals surface area contributed by atoms with E-state index in [0.717, 1.165) is 0 Å². The van der Waals surface area contributed by atoms with Crippen molar-refractivity contribution in [1.29, 1.82) is 0 Å². The van der Waals surface area contributed by atoms with Crippen LogP contribution in [0.15, 0.2) is 11.4 Å². The fourth-order valence-corrected chi connectivity index (χ4v) is 2.87. The van der Waals surface area contributed by atoms with Crippen molar-refractivity contribution in [2.45, 2.75) is 44.7 Å². The standard InChI is InChI=1S/C13H21N7O3/c1-4-17-19(3)13-18-7-10(14)15-5-16-11(7)20(13)12-9(22)8(21)6(2)23-12/h4-6,8-9,12-13,18,21-22H,1-3H3,(H2,14,15,16). The number of nitrogens with two attached hydrogens (primary N) is 1. The van der Waals surface area contributed by atoms with Crippen molar-refractivity contribution < 1.29 is 14.9 Å².